The van der Waals surface area contributed by atoms with Crippen molar-refractivity contribution < 1.29 is 23.2 Å². The lowest BCUT2D eigenvalue weighted by Crippen LogP contribution is -2.15. The molecule has 68 valence electrons. The van der Waals surface area contributed by atoms with Gasteiger partial charge in [-0.1, -0.05) is 6.58 Å². The van der Waals surface area contributed by atoms with E-state index in [0.29, 0.717) is 0 Å². The maximum absolute atomic E-state index is 10.7. The molecule has 0 spiro atoms. The van der Waals surface area contributed by atoms with Crippen LogP contribution < -0.4 is 0 Å². The Morgan fingerprint density at radius 1 is 1.50 bits per heavy atom. The number of rotatable bonds is 4. The minimum Gasteiger partial charge on any atom is -0.432 e. The molecule has 0 N–H and O–H groups in total. The van der Waals surface area contributed by atoms with Crippen molar-refractivity contribution in [3.63, 3.8) is 0 Å². The minimum atomic E-state index is -3.00. The highest BCUT2D eigenvalue weighted by Crippen LogP contribution is 2.11. The predicted octanol–water partition coefficient (Wildman–Crippen LogP) is 1.56. The summed E-state index contributed by atoms with van der Waals surface area (Å²) in [5.74, 6) is -0.681. The van der Waals surface area contributed by atoms with Crippen LogP contribution in [0.1, 0.15) is 13.8 Å². The molecule has 0 radical (unpaired) electrons. The molecule has 0 aromatic carbocycles. The molecule has 12 heavy (non-hydrogen) atoms. The Kier molecular flexibility index (Phi) is 4.47. The van der Waals surface area contributed by atoms with E-state index < -0.39 is 20.2 Å². The standard InChI is InChI=1S/C6H9O5P/c1-4(2)6(7)10-5(3)11-12(8)9/h5H,1H2,2-3H3. The average Bonchev–Trinajstić information content (AvgIpc) is 1.84. The van der Waals surface area contributed by atoms with Crippen LogP contribution in [0.3, 0.4) is 0 Å². The van der Waals surface area contributed by atoms with Crippen molar-refractivity contribution in [1.82, 2.24) is 0 Å². The molecule has 0 aromatic heterocycles. The quantitative estimate of drug-likeness (QED) is 0.292. The number of carbonyl (C=O) groups excluding carboxylic acids is 1. The van der Waals surface area contributed by atoms with Crippen molar-refractivity contribution in [3.8, 4) is 0 Å². The van der Waals surface area contributed by atoms with Gasteiger partial charge < -0.3 is 4.74 Å². The molecule has 0 amide bonds. The van der Waals surface area contributed by atoms with Gasteiger partial charge in [0.05, 0.1) is 0 Å². The maximum atomic E-state index is 10.7. The lowest BCUT2D eigenvalue weighted by atomic mass is 10.4. The van der Waals surface area contributed by atoms with E-state index in [9.17, 15) is 13.9 Å². The van der Waals surface area contributed by atoms with Crippen LogP contribution in [0.15, 0.2) is 12.2 Å². The van der Waals surface area contributed by atoms with Gasteiger partial charge >= 0.3 is 13.9 Å². The van der Waals surface area contributed by atoms with Crippen LogP contribution in [0.4, 0.5) is 0 Å². The smallest absolute Gasteiger partial charge is 0.432 e. The van der Waals surface area contributed by atoms with Gasteiger partial charge in [0, 0.05) is 5.57 Å². The summed E-state index contributed by atoms with van der Waals surface area (Å²) in [5, 5.41) is 0. The van der Waals surface area contributed by atoms with Crippen molar-refractivity contribution in [2.45, 2.75) is 20.1 Å². The van der Waals surface area contributed by atoms with Gasteiger partial charge in [0.2, 0.25) is 6.29 Å². The van der Waals surface area contributed by atoms with Crippen molar-refractivity contribution in [3.05, 3.63) is 12.2 Å². The Morgan fingerprint density at radius 2 is 2.00 bits per heavy atom. The summed E-state index contributed by atoms with van der Waals surface area (Å²) < 4.78 is 28.5. The van der Waals surface area contributed by atoms with Crippen LogP contribution in [-0.2, 0) is 23.2 Å². The van der Waals surface area contributed by atoms with E-state index in [4.69, 9.17) is 0 Å². The van der Waals surface area contributed by atoms with E-state index in [1.54, 1.807) is 0 Å². The Morgan fingerprint density at radius 3 is 2.33 bits per heavy atom. The van der Waals surface area contributed by atoms with Crippen LogP contribution >= 0.6 is 7.91 Å². The monoisotopic (exact) mass is 192 g/mol. The Balaban J connectivity index is 3.92. The zero-order valence-electron chi connectivity index (χ0n) is 6.77. The number of carbonyl (C=O) groups is 1. The van der Waals surface area contributed by atoms with Crippen molar-refractivity contribution in [1.29, 1.82) is 0 Å². The molecular weight excluding hydrogens is 183 g/mol. The highest BCUT2D eigenvalue weighted by molar-refractivity contribution is 7.24. The third kappa shape index (κ3) is 4.82. The van der Waals surface area contributed by atoms with Gasteiger partial charge in [-0.2, -0.15) is 0 Å². The zero-order chi connectivity index (χ0) is 9.72. The van der Waals surface area contributed by atoms with Crippen LogP contribution in [0.5, 0.6) is 0 Å². The Labute approximate surface area is 70.3 Å². The normalized spacial score (nSPS) is 11.8. The third-order valence-corrected chi connectivity index (χ3v) is 1.32. The van der Waals surface area contributed by atoms with Gasteiger partial charge in [-0.15, -0.1) is 0 Å². The van der Waals surface area contributed by atoms with Gasteiger partial charge in [0.15, 0.2) is 0 Å². The molecule has 0 fully saturated rings. The first-order chi connectivity index (χ1) is 5.43. The second kappa shape index (κ2) is 4.85. The van der Waals surface area contributed by atoms with Gasteiger partial charge in [0.1, 0.15) is 0 Å². The minimum absolute atomic E-state index is 0.187. The summed E-state index contributed by atoms with van der Waals surface area (Å²) in [7, 11) is -3.00. The molecule has 0 heterocycles. The van der Waals surface area contributed by atoms with Crippen molar-refractivity contribution >= 4 is 13.9 Å². The summed E-state index contributed by atoms with van der Waals surface area (Å²) in [6, 6.07) is 0. The third-order valence-electron chi connectivity index (χ3n) is 0.856. The molecule has 0 aromatic rings. The maximum Gasteiger partial charge on any atom is 0.471 e. The summed E-state index contributed by atoms with van der Waals surface area (Å²) in [6.07, 6.45) is -1.10. The first-order valence-electron chi connectivity index (χ1n) is 3.11. The SMILES string of the molecule is C=C(C)C(=O)OC(C)OP(=O)=O. The molecule has 0 bridgehead atoms. The van der Waals surface area contributed by atoms with Crippen molar-refractivity contribution in [2.24, 2.45) is 0 Å². The number of hydrogen-bond donors (Lipinski definition) is 0. The molecule has 0 aliphatic carbocycles. The second-order valence-electron chi connectivity index (χ2n) is 2.08. The number of esters is 1. The molecule has 5 nitrogen and oxygen atoms in total. The highest BCUT2D eigenvalue weighted by Gasteiger charge is 2.11. The predicted molar refractivity (Wildman–Crippen MR) is 39.7 cm³/mol. The van der Waals surface area contributed by atoms with E-state index in [2.05, 4.69) is 15.8 Å². The van der Waals surface area contributed by atoms with Crippen LogP contribution in [-0.4, -0.2) is 12.3 Å². The summed E-state index contributed by atoms with van der Waals surface area (Å²) in [6.45, 7) is 6.05. The largest absolute Gasteiger partial charge is 0.471 e. The van der Waals surface area contributed by atoms with E-state index >= 15 is 0 Å². The summed E-state index contributed by atoms with van der Waals surface area (Å²) >= 11 is 0. The first-order valence-corrected chi connectivity index (χ1v) is 4.20. The fourth-order valence-electron chi connectivity index (χ4n) is 0.394. The molecule has 6 heteroatoms. The molecular formula is C6H9O5P. The van der Waals surface area contributed by atoms with Gasteiger partial charge in [0.25, 0.3) is 0 Å². The Hall–Kier alpha value is -0.930. The molecule has 0 aliphatic rings. The lowest BCUT2D eigenvalue weighted by Gasteiger charge is -2.08. The van der Waals surface area contributed by atoms with Crippen LogP contribution in [0.2, 0.25) is 0 Å². The number of ether oxygens (including phenoxy) is 1. The molecule has 0 rings (SSSR count). The molecule has 1 unspecified atom stereocenters. The van der Waals surface area contributed by atoms with Gasteiger partial charge in [-0.3, -0.25) is 0 Å². The van der Waals surface area contributed by atoms with Gasteiger partial charge in [-0.25, -0.2) is 18.4 Å². The van der Waals surface area contributed by atoms with Crippen LogP contribution in [0, 0.1) is 0 Å². The lowest BCUT2D eigenvalue weighted by molar-refractivity contribution is -0.155. The molecule has 1 atom stereocenters. The summed E-state index contributed by atoms with van der Waals surface area (Å²) in [4.78, 5) is 10.7. The second-order valence-corrected chi connectivity index (χ2v) is 2.74. The average molecular weight is 192 g/mol. The zero-order valence-corrected chi connectivity index (χ0v) is 7.67. The van der Waals surface area contributed by atoms with Crippen LogP contribution in [0.25, 0.3) is 0 Å². The molecule has 0 aliphatic heterocycles. The number of hydrogen-bond acceptors (Lipinski definition) is 5. The molecule has 0 saturated carbocycles. The summed E-state index contributed by atoms with van der Waals surface area (Å²) in [5.41, 5.74) is 0.187. The van der Waals surface area contributed by atoms with E-state index in [-0.39, 0.29) is 5.57 Å². The first kappa shape index (κ1) is 11.1. The van der Waals surface area contributed by atoms with E-state index in [0.717, 1.165) is 0 Å². The molecule has 0 saturated heterocycles. The van der Waals surface area contributed by atoms with Crippen molar-refractivity contribution in [2.75, 3.05) is 0 Å². The van der Waals surface area contributed by atoms with E-state index in [1.807, 2.05) is 0 Å². The fourth-order valence-corrected chi connectivity index (χ4v) is 0.679. The van der Waals surface area contributed by atoms with E-state index in [1.165, 1.54) is 13.8 Å². The van der Waals surface area contributed by atoms with Gasteiger partial charge in [-0.05, 0) is 13.8 Å². The fraction of sp³-hybridized carbons (Fsp3) is 0.500. The highest BCUT2D eigenvalue weighted by atomic mass is 31.1. The Bertz CT molecular complexity index is 247. The topological polar surface area (TPSA) is 69.7 Å².